The first-order valence-corrected chi connectivity index (χ1v) is 0. The fraction of sp³-hybridized carbons (Fsp3) is 0. The molecule has 0 aliphatic heterocycles. The van der Waals surface area contributed by atoms with Gasteiger partial charge in [-0.15, -0.1) is 0 Å². The molecule has 4 heteroatoms. The van der Waals surface area contributed by atoms with Crippen LogP contribution in [0.3, 0.4) is 0 Å². The Bertz CT molecular complexity index is 8.00. The van der Waals surface area contributed by atoms with Crippen molar-refractivity contribution >= 4 is 0 Å². The molecule has 0 N–H and O–H groups in total. The summed E-state index contributed by atoms with van der Waals surface area (Å²) in [5.74, 6) is 0. The Morgan fingerprint density at radius 1 is 1.00 bits per heavy atom. The summed E-state index contributed by atoms with van der Waals surface area (Å²) in [6.07, 6.45) is 0. The molecule has 0 aromatic heterocycles. The molecular formula is HfTiVZr. The zero-order valence-electron chi connectivity index (χ0n) is 1.95. The summed E-state index contributed by atoms with van der Waals surface area (Å²) in [7, 11) is 0. The van der Waals surface area contributed by atoms with Crippen molar-refractivity contribution in [1.82, 2.24) is 0 Å². The van der Waals surface area contributed by atoms with Crippen molar-refractivity contribution in [2.75, 3.05) is 0 Å². The SMILES string of the molecule is [Hf].[Ti].[V].[Zr]. The molecule has 17 valence electrons. The van der Waals surface area contributed by atoms with Crippen LogP contribution < -0.4 is 0 Å². The Kier molecular flexibility index (Phi) is 115. The molecule has 0 spiro atoms. The van der Waals surface area contributed by atoms with Gasteiger partial charge in [-0.2, -0.15) is 0 Å². The van der Waals surface area contributed by atoms with Gasteiger partial charge in [0.15, 0.2) is 0 Å². The van der Waals surface area contributed by atoms with E-state index in [0.29, 0.717) is 0 Å². The van der Waals surface area contributed by atoms with E-state index in [0.717, 1.165) is 0 Å². The van der Waals surface area contributed by atoms with Crippen LogP contribution in [0.15, 0.2) is 0 Å². The van der Waals surface area contributed by atoms with Crippen LogP contribution in [0.25, 0.3) is 0 Å². The van der Waals surface area contributed by atoms with E-state index in [1.54, 1.807) is 0 Å². The summed E-state index contributed by atoms with van der Waals surface area (Å²) < 4.78 is 0. The molecule has 4 heavy (non-hydrogen) atoms. The quantitative estimate of drug-likeness (QED) is 0.528. The van der Waals surface area contributed by atoms with Crippen LogP contribution in [0.1, 0.15) is 0 Å². The summed E-state index contributed by atoms with van der Waals surface area (Å²) in [6, 6.07) is 0. The van der Waals surface area contributed by atoms with Crippen LogP contribution in [0.4, 0.5) is 0 Å². The minimum Gasteiger partial charge on any atom is 0 e. The second kappa shape index (κ2) is 16.6. The first kappa shape index (κ1) is 27.7. The minimum atomic E-state index is 0. The van der Waals surface area contributed by atoms with Gasteiger partial charge in [-0.3, -0.25) is 0 Å². The van der Waals surface area contributed by atoms with Crippen molar-refractivity contribution in [2.45, 2.75) is 0 Å². The predicted molar refractivity (Wildman–Crippen MR) is 0 cm³/mol. The fourth-order valence-corrected chi connectivity index (χ4v) is 0. The van der Waals surface area contributed by atoms with E-state index in [-0.39, 0.29) is 92.3 Å². The molecule has 0 saturated heterocycles. The van der Waals surface area contributed by atoms with Crippen molar-refractivity contribution in [3.63, 3.8) is 0 Å². The van der Waals surface area contributed by atoms with Crippen molar-refractivity contribution in [3.05, 3.63) is 0 Å². The molecule has 0 bridgehead atoms. The first-order chi connectivity index (χ1) is 0. The van der Waals surface area contributed by atoms with E-state index < -0.39 is 0 Å². The van der Waals surface area contributed by atoms with Crippen molar-refractivity contribution in [1.29, 1.82) is 0 Å². The summed E-state index contributed by atoms with van der Waals surface area (Å²) in [5, 5.41) is 0. The van der Waals surface area contributed by atoms with Crippen LogP contribution >= 0.6 is 0 Å². The van der Waals surface area contributed by atoms with Gasteiger partial charge in [0.25, 0.3) is 0 Å². The standard InChI is InChI=1S/Hf.Ti.V.Zr. The summed E-state index contributed by atoms with van der Waals surface area (Å²) in [6.45, 7) is 0. The monoisotopic (exact) mass is 369 g/mol. The maximum absolute atomic E-state index is 0. The third kappa shape index (κ3) is 8.90. The van der Waals surface area contributed by atoms with Gasteiger partial charge in [-0.05, 0) is 0 Å². The van der Waals surface area contributed by atoms with E-state index in [9.17, 15) is 0 Å². The van der Waals surface area contributed by atoms with Crippen molar-refractivity contribution < 1.29 is 92.3 Å². The van der Waals surface area contributed by atoms with E-state index in [1.807, 2.05) is 0 Å². The largest absolute Gasteiger partial charge is 0 e. The van der Waals surface area contributed by atoms with Gasteiger partial charge in [-0.1, -0.05) is 0 Å². The summed E-state index contributed by atoms with van der Waals surface area (Å²) in [4.78, 5) is 0. The van der Waals surface area contributed by atoms with Gasteiger partial charge in [0.2, 0.25) is 0 Å². The smallest absolute Gasteiger partial charge is 0 e. The van der Waals surface area contributed by atoms with E-state index >= 15 is 0 Å². The minimum absolute atomic E-state index is 0. The van der Waals surface area contributed by atoms with E-state index in [4.69, 9.17) is 0 Å². The maximum Gasteiger partial charge on any atom is 0 e. The topological polar surface area (TPSA) is 0 Å². The van der Waals surface area contributed by atoms with Crippen LogP contribution in [0.5, 0.6) is 0 Å². The molecule has 0 atom stereocenters. The van der Waals surface area contributed by atoms with Crippen LogP contribution in [-0.4, -0.2) is 0 Å². The molecule has 0 aliphatic carbocycles. The molecular weight excluding hydrogens is 369 g/mol. The van der Waals surface area contributed by atoms with Gasteiger partial charge in [0, 0.05) is 92.3 Å². The average molecular weight is 369 g/mol. The normalized spacial score (nSPS) is 0. The van der Waals surface area contributed by atoms with Gasteiger partial charge >= 0.3 is 0 Å². The van der Waals surface area contributed by atoms with Crippen LogP contribution in [0, 0.1) is 0 Å². The third-order valence-electron chi connectivity index (χ3n) is 0. The molecule has 0 fully saturated rings. The Hall–Kier alpha value is 3.05. The molecule has 0 heterocycles. The molecule has 0 aromatic rings. The summed E-state index contributed by atoms with van der Waals surface area (Å²) in [5.41, 5.74) is 0. The van der Waals surface area contributed by atoms with Gasteiger partial charge in [0.1, 0.15) is 0 Å². The number of rotatable bonds is 0. The summed E-state index contributed by atoms with van der Waals surface area (Å²) >= 11 is 0. The molecule has 0 aliphatic rings. The molecule has 0 unspecified atom stereocenters. The number of hydrogen-bond acceptors (Lipinski definition) is 0. The Morgan fingerprint density at radius 2 is 1.00 bits per heavy atom. The molecule has 1 radical (unpaired) electrons. The molecule has 0 amide bonds. The zero-order valence-corrected chi connectivity index (χ0v) is 11.0. The van der Waals surface area contributed by atoms with Gasteiger partial charge in [-0.25, -0.2) is 0 Å². The average Bonchev–Trinajstić information content (AvgIpc) is 0. The Balaban J connectivity index is 0. The molecule has 0 nitrogen and oxygen atoms in total. The van der Waals surface area contributed by atoms with Gasteiger partial charge in [0.05, 0.1) is 0 Å². The first-order valence-electron chi connectivity index (χ1n) is 0. The molecule has 0 saturated carbocycles. The van der Waals surface area contributed by atoms with E-state index in [2.05, 4.69) is 0 Å². The molecule has 0 aromatic carbocycles. The van der Waals surface area contributed by atoms with Crippen molar-refractivity contribution in [2.24, 2.45) is 0 Å². The second-order valence-electron chi connectivity index (χ2n) is 0. The zero-order chi connectivity index (χ0) is 0. The predicted octanol–water partition coefficient (Wildman–Crippen LogP) is -0.0100. The molecule has 0 rings (SSSR count). The van der Waals surface area contributed by atoms with Gasteiger partial charge < -0.3 is 0 Å². The second-order valence-corrected chi connectivity index (χ2v) is 0. The maximum atomic E-state index is 0. The number of hydrogen-bond donors (Lipinski definition) is 0. The Morgan fingerprint density at radius 3 is 1.00 bits per heavy atom. The Labute approximate surface area is 90.5 Å². The third-order valence-corrected chi connectivity index (χ3v) is 0. The van der Waals surface area contributed by atoms with E-state index in [1.165, 1.54) is 0 Å². The van der Waals surface area contributed by atoms with Crippen molar-refractivity contribution in [3.8, 4) is 0 Å². The van der Waals surface area contributed by atoms with Crippen LogP contribution in [-0.2, 0) is 92.3 Å². The van der Waals surface area contributed by atoms with Crippen LogP contribution in [0.2, 0.25) is 0 Å². The fourth-order valence-electron chi connectivity index (χ4n) is 0.